The molecule has 0 N–H and O–H groups in total. The maximum atomic E-state index is 11.4. The molecule has 0 unspecified atom stereocenters. The first-order valence-electron chi connectivity index (χ1n) is 5.78. The lowest BCUT2D eigenvalue weighted by Gasteiger charge is -2.12. The number of hydrogen-bond donors (Lipinski definition) is 0. The quantitative estimate of drug-likeness (QED) is 0.771. The van der Waals surface area contributed by atoms with Gasteiger partial charge in [0.15, 0.2) is 0 Å². The van der Waals surface area contributed by atoms with E-state index in [9.17, 15) is 4.79 Å². The minimum absolute atomic E-state index is 0.205. The van der Waals surface area contributed by atoms with Crippen molar-refractivity contribution in [2.24, 2.45) is 4.99 Å². The molecular weight excluding hydrogens is 240 g/mol. The van der Waals surface area contributed by atoms with E-state index in [2.05, 4.69) is 9.98 Å². The Morgan fingerprint density at radius 2 is 2.11 bits per heavy atom. The van der Waals surface area contributed by atoms with Gasteiger partial charge in [-0.3, -0.25) is 9.78 Å². The fourth-order valence-electron chi connectivity index (χ4n) is 1.52. The van der Waals surface area contributed by atoms with E-state index in [0.717, 1.165) is 11.1 Å². The van der Waals surface area contributed by atoms with Gasteiger partial charge >= 0.3 is 0 Å². The van der Waals surface area contributed by atoms with Crippen LogP contribution in [0.2, 0.25) is 0 Å². The van der Waals surface area contributed by atoms with Crippen molar-refractivity contribution in [3.63, 3.8) is 0 Å². The summed E-state index contributed by atoms with van der Waals surface area (Å²) >= 11 is 0. The van der Waals surface area contributed by atoms with E-state index in [1.54, 1.807) is 25.4 Å². The molecule has 1 heterocycles. The van der Waals surface area contributed by atoms with Crippen LogP contribution in [0, 0.1) is 11.3 Å². The van der Waals surface area contributed by atoms with Crippen LogP contribution in [0.1, 0.15) is 18.9 Å². The first kappa shape index (κ1) is 14.6. The molecule has 0 saturated heterocycles. The first-order valence-corrected chi connectivity index (χ1v) is 5.78. The summed E-state index contributed by atoms with van der Waals surface area (Å²) in [5.74, 6) is -0.432. The minimum Gasteiger partial charge on any atom is -0.383 e. The van der Waals surface area contributed by atoms with Crippen molar-refractivity contribution < 1.29 is 4.79 Å². The fraction of sp³-hybridized carbons (Fsp3) is 0.286. The van der Waals surface area contributed by atoms with Crippen molar-refractivity contribution in [2.75, 3.05) is 14.1 Å². The molecule has 0 radical (unpaired) electrons. The highest BCUT2D eigenvalue weighted by Crippen LogP contribution is 2.16. The standard InChI is InChI=1S/C14H16N4O/c1-11(17-14(19)4-7-15)13(10-18(2)3)12-5-8-16-9-6-12/h5-6,8-10H,4H2,1-3H3/b13-10-,17-11?. The maximum Gasteiger partial charge on any atom is 0.260 e. The Kier molecular flexibility index (Phi) is 5.42. The van der Waals surface area contributed by atoms with Crippen LogP contribution in [0.5, 0.6) is 0 Å². The lowest BCUT2D eigenvalue weighted by molar-refractivity contribution is -0.116. The molecule has 0 bridgehead atoms. The summed E-state index contributed by atoms with van der Waals surface area (Å²) in [6.07, 6.45) is 5.04. The SMILES string of the molecule is CC(=NC(=O)CC#N)/C(=C/N(C)C)c1ccncc1. The lowest BCUT2D eigenvalue weighted by Crippen LogP contribution is -2.08. The van der Waals surface area contributed by atoms with Gasteiger partial charge in [-0.15, -0.1) is 0 Å². The van der Waals surface area contributed by atoms with Crippen LogP contribution in [0.4, 0.5) is 0 Å². The molecule has 0 spiro atoms. The van der Waals surface area contributed by atoms with Gasteiger partial charge in [0.25, 0.3) is 5.91 Å². The van der Waals surface area contributed by atoms with E-state index in [1.165, 1.54) is 0 Å². The van der Waals surface area contributed by atoms with Gasteiger partial charge in [0.2, 0.25) is 0 Å². The second kappa shape index (κ2) is 7.07. The Morgan fingerprint density at radius 1 is 1.47 bits per heavy atom. The predicted molar refractivity (Wildman–Crippen MR) is 74.2 cm³/mol. The molecule has 5 heteroatoms. The van der Waals surface area contributed by atoms with Crippen molar-refractivity contribution in [1.82, 2.24) is 9.88 Å². The maximum absolute atomic E-state index is 11.4. The highest BCUT2D eigenvalue weighted by molar-refractivity contribution is 6.25. The highest BCUT2D eigenvalue weighted by atomic mass is 16.1. The third-order valence-corrected chi connectivity index (χ3v) is 2.29. The number of carbonyl (C=O) groups excluding carboxylic acids is 1. The van der Waals surface area contributed by atoms with E-state index >= 15 is 0 Å². The second-order valence-electron chi connectivity index (χ2n) is 4.17. The summed E-state index contributed by atoms with van der Waals surface area (Å²) in [4.78, 5) is 21.2. The number of nitriles is 1. The summed E-state index contributed by atoms with van der Waals surface area (Å²) < 4.78 is 0. The zero-order valence-electron chi connectivity index (χ0n) is 11.3. The molecule has 1 rings (SSSR count). The van der Waals surface area contributed by atoms with Crippen LogP contribution in [0.25, 0.3) is 5.57 Å². The molecule has 0 aromatic carbocycles. The van der Waals surface area contributed by atoms with Crippen LogP contribution in [0.15, 0.2) is 35.7 Å². The number of amides is 1. The van der Waals surface area contributed by atoms with Gasteiger partial charge in [0.05, 0.1) is 11.8 Å². The number of hydrogen-bond acceptors (Lipinski definition) is 4. The summed E-state index contributed by atoms with van der Waals surface area (Å²) in [5.41, 5.74) is 2.34. The Labute approximate surface area is 112 Å². The van der Waals surface area contributed by atoms with Crippen molar-refractivity contribution >= 4 is 17.2 Å². The second-order valence-corrected chi connectivity index (χ2v) is 4.17. The van der Waals surface area contributed by atoms with Crippen molar-refractivity contribution in [2.45, 2.75) is 13.3 Å². The molecule has 0 aliphatic carbocycles. The topological polar surface area (TPSA) is 69.3 Å². The zero-order chi connectivity index (χ0) is 14.3. The van der Waals surface area contributed by atoms with Crippen molar-refractivity contribution in [1.29, 1.82) is 5.26 Å². The molecule has 1 aromatic heterocycles. The molecule has 0 aliphatic heterocycles. The number of pyridine rings is 1. The first-order chi connectivity index (χ1) is 9.04. The van der Waals surface area contributed by atoms with Crippen LogP contribution in [-0.2, 0) is 4.79 Å². The highest BCUT2D eigenvalue weighted by Gasteiger charge is 2.08. The van der Waals surface area contributed by atoms with Gasteiger partial charge in [-0.2, -0.15) is 5.26 Å². The summed E-state index contributed by atoms with van der Waals surface area (Å²) in [7, 11) is 3.79. The van der Waals surface area contributed by atoms with Gasteiger partial charge in [-0.05, 0) is 24.6 Å². The largest absolute Gasteiger partial charge is 0.383 e. The monoisotopic (exact) mass is 256 g/mol. The van der Waals surface area contributed by atoms with E-state index < -0.39 is 5.91 Å². The van der Waals surface area contributed by atoms with E-state index in [0.29, 0.717) is 5.71 Å². The Morgan fingerprint density at radius 3 is 2.63 bits per heavy atom. The number of carbonyl (C=O) groups is 1. The Hall–Kier alpha value is -2.48. The molecule has 1 aromatic rings. The van der Waals surface area contributed by atoms with E-state index in [1.807, 2.05) is 37.3 Å². The normalized spacial score (nSPS) is 11.9. The van der Waals surface area contributed by atoms with Crippen LogP contribution < -0.4 is 0 Å². The van der Waals surface area contributed by atoms with Gasteiger partial charge < -0.3 is 4.90 Å². The number of rotatable bonds is 4. The van der Waals surface area contributed by atoms with E-state index in [4.69, 9.17) is 5.26 Å². The molecule has 0 aliphatic rings. The van der Waals surface area contributed by atoms with Crippen LogP contribution >= 0.6 is 0 Å². The van der Waals surface area contributed by atoms with Gasteiger partial charge in [-0.1, -0.05) is 0 Å². The molecule has 1 amide bonds. The Bertz CT molecular complexity index is 538. The molecule has 0 fully saturated rings. The molecule has 0 saturated carbocycles. The fourth-order valence-corrected chi connectivity index (χ4v) is 1.52. The Balaban J connectivity index is 3.14. The zero-order valence-corrected chi connectivity index (χ0v) is 11.3. The molecule has 0 atom stereocenters. The lowest BCUT2D eigenvalue weighted by atomic mass is 10.0. The molecule has 5 nitrogen and oxygen atoms in total. The van der Waals surface area contributed by atoms with Gasteiger partial charge in [0.1, 0.15) is 6.42 Å². The number of allylic oxidation sites excluding steroid dienone is 1. The van der Waals surface area contributed by atoms with Crippen LogP contribution in [0.3, 0.4) is 0 Å². The smallest absolute Gasteiger partial charge is 0.260 e. The van der Waals surface area contributed by atoms with Gasteiger partial charge in [0, 0.05) is 38.3 Å². The van der Waals surface area contributed by atoms with Crippen LogP contribution in [-0.4, -0.2) is 35.6 Å². The third kappa shape index (κ3) is 4.72. The number of aliphatic imine (C=N–C) groups is 1. The predicted octanol–water partition coefficient (Wildman–Crippen LogP) is 1.89. The molecule has 98 valence electrons. The number of aromatic nitrogens is 1. The molecule has 19 heavy (non-hydrogen) atoms. The average molecular weight is 256 g/mol. The molecular formula is C14H16N4O. The van der Waals surface area contributed by atoms with Crippen molar-refractivity contribution in [3.05, 3.63) is 36.3 Å². The summed E-state index contributed by atoms with van der Waals surface area (Å²) in [6, 6.07) is 5.50. The average Bonchev–Trinajstić information content (AvgIpc) is 2.37. The third-order valence-electron chi connectivity index (χ3n) is 2.29. The van der Waals surface area contributed by atoms with E-state index in [-0.39, 0.29) is 6.42 Å². The minimum atomic E-state index is -0.432. The van der Waals surface area contributed by atoms with Gasteiger partial charge in [-0.25, -0.2) is 4.99 Å². The number of nitrogens with zero attached hydrogens (tertiary/aromatic N) is 4. The van der Waals surface area contributed by atoms with Crippen molar-refractivity contribution in [3.8, 4) is 6.07 Å². The summed E-state index contributed by atoms with van der Waals surface area (Å²) in [5, 5.41) is 8.48. The summed E-state index contributed by atoms with van der Waals surface area (Å²) in [6.45, 7) is 1.75.